The van der Waals surface area contributed by atoms with Crippen molar-refractivity contribution < 1.29 is 4.79 Å². The summed E-state index contributed by atoms with van der Waals surface area (Å²) in [6.07, 6.45) is 0. The van der Waals surface area contributed by atoms with E-state index in [9.17, 15) is 4.79 Å². The van der Waals surface area contributed by atoms with Gasteiger partial charge in [-0.05, 0) is 43.0 Å². The van der Waals surface area contributed by atoms with Crippen LogP contribution in [0.5, 0.6) is 0 Å². The van der Waals surface area contributed by atoms with Gasteiger partial charge in [-0.1, -0.05) is 12.1 Å². The second kappa shape index (κ2) is 5.45. The molecule has 2 aromatic rings. The summed E-state index contributed by atoms with van der Waals surface area (Å²) in [6.45, 7) is 3.96. The number of aryl methyl sites for hydroxylation is 1. The number of nitrogens with zero attached hydrogens (tertiary/aromatic N) is 1. The number of rotatable bonds is 3. The SMILES string of the molecule is Cc1ccc(C(=O)N(C)C(C)c2cccs2)cc1N. The van der Waals surface area contributed by atoms with Crippen molar-refractivity contribution in [3.05, 3.63) is 51.7 Å². The van der Waals surface area contributed by atoms with Crippen LogP contribution in [-0.2, 0) is 0 Å². The molecule has 1 unspecified atom stereocenters. The molecule has 0 aliphatic heterocycles. The summed E-state index contributed by atoms with van der Waals surface area (Å²) < 4.78 is 0. The molecule has 0 spiro atoms. The normalized spacial score (nSPS) is 12.2. The number of carbonyl (C=O) groups is 1. The highest BCUT2D eigenvalue weighted by atomic mass is 32.1. The molecule has 1 amide bonds. The van der Waals surface area contributed by atoms with E-state index in [1.54, 1.807) is 22.3 Å². The minimum atomic E-state index is -0.00685. The zero-order valence-corrected chi connectivity index (χ0v) is 12.2. The lowest BCUT2D eigenvalue weighted by molar-refractivity contribution is 0.0745. The van der Waals surface area contributed by atoms with Crippen molar-refractivity contribution in [2.45, 2.75) is 19.9 Å². The molecule has 19 heavy (non-hydrogen) atoms. The minimum Gasteiger partial charge on any atom is -0.398 e. The highest BCUT2D eigenvalue weighted by Gasteiger charge is 2.19. The van der Waals surface area contributed by atoms with E-state index in [-0.39, 0.29) is 11.9 Å². The smallest absolute Gasteiger partial charge is 0.254 e. The monoisotopic (exact) mass is 274 g/mol. The van der Waals surface area contributed by atoms with Crippen molar-refractivity contribution in [1.29, 1.82) is 0 Å². The van der Waals surface area contributed by atoms with E-state index in [1.807, 2.05) is 50.5 Å². The van der Waals surface area contributed by atoms with E-state index in [4.69, 9.17) is 5.73 Å². The molecule has 0 saturated carbocycles. The highest BCUT2D eigenvalue weighted by Crippen LogP contribution is 2.25. The van der Waals surface area contributed by atoms with Gasteiger partial charge >= 0.3 is 0 Å². The van der Waals surface area contributed by atoms with Gasteiger partial charge in [-0.15, -0.1) is 11.3 Å². The molecular weight excluding hydrogens is 256 g/mol. The van der Waals surface area contributed by atoms with E-state index in [0.717, 1.165) is 5.56 Å². The second-order valence-corrected chi connectivity index (χ2v) is 5.66. The van der Waals surface area contributed by atoms with Crippen LogP contribution < -0.4 is 5.73 Å². The number of nitrogens with two attached hydrogens (primary N) is 1. The van der Waals surface area contributed by atoms with Gasteiger partial charge in [-0.3, -0.25) is 4.79 Å². The molecule has 4 heteroatoms. The summed E-state index contributed by atoms with van der Waals surface area (Å²) >= 11 is 1.66. The number of benzene rings is 1. The van der Waals surface area contributed by atoms with Crippen LogP contribution in [0.2, 0.25) is 0 Å². The van der Waals surface area contributed by atoms with Crippen molar-refractivity contribution in [2.24, 2.45) is 0 Å². The summed E-state index contributed by atoms with van der Waals surface area (Å²) in [4.78, 5) is 15.3. The van der Waals surface area contributed by atoms with Crippen LogP contribution in [0.4, 0.5) is 5.69 Å². The molecule has 1 aromatic heterocycles. The fourth-order valence-corrected chi connectivity index (χ4v) is 2.70. The molecule has 1 aromatic carbocycles. The summed E-state index contributed by atoms with van der Waals surface area (Å²) in [5.74, 6) is -0.00685. The van der Waals surface area contributed by atoms with Gasteiger partial charge in [0.1, 0.15) is 0 Å². The molecule has 0 aliphatic rings. The van der Waals surface area contributed by atoms with Crippen LogP contribution in [-0.4, -0.2) is 17.9 Å². The maximum absolute atomic E-state index is 12.4. The zero-order chi connectivity index (χ0) is 14.0. The fourth-order valence-electron chi connectivity index (χ4n) is 1.87. The summed E-state index contributed by atoms with van der Waals surface area (Å²) in [5.41, 5.74) is 8.14. The Hall–Kier alpha value is -1.81. The molecule has 0 aliphatic carbocycles. The van der Waals surface area contributed by atoms with Crippen LogP contribution in [0, 0.1) is 6.92 Å². The van der Waals surface area contributed by atoms with Crippen LogP contribution >= 0.6 is 11.3 Å². The molecule has 0 saturated heterocycles. The molecule has 1 atom stereocenters. The van der Waals surface area contributed by atoms with Crippen molar-refractivity contribution in [2.75, 3.05) is 12.8 Å². The summed E-state index contributed by atoms with van der Waals surface area (Å²) in [7, 11) is 1.82. The molecule has 3 nitrogen and oxygen atoms in total. The third-order valence-corrected chi connectivity index (χ3v) is 4.42. The number of anilines is 1. The first-order valence-corrected chi connectivity index (χ1v) is 7.05. The van der Waals surface area contributed by atoms with Gasteiger partial charge in [0.15, 0.2) is 0 Å². The maximum atomic E-state index is 12.4. The van der Waals surface area contributed by atoms with Crippen LogP contribution in [0.25, 0.3) is 0 Å². The number of hydrogen-bond donors (Lipinski definition) is 1. The van der Waals surface area contributed by atoms with Gasteiger partial charge in [0.05, 0.1) is 6.04 Å². The fraction of sp³-hybridized carbons (Fsp3) is 0.267. The van der Waals surface area contributed by atoms with Crippen LogP contribution in [0.3, 0.4) is 0 Å². The molecule has 2 N–H and O–H groups in total. The van der Waals surface area contributed by atoms with Gasteiger partial charge in [-0.2, -0.15) is 0 Å². The van der Waals surface area contributed by atoms with E-state index in [0.29, 0.717) is 11.3 Å². The third-order valence-electron chi connectivity index (χ3n) is 3.38. The Kier molecular flexibility index (Phi) is 3.90. The summed E-state index contributed by atoms with van der Waals surface area (Å²) in [6, 6.07) is 9.56. The third kappa shape index (κ3) is 2.79. The molecule has 100 valence electrons. The molecule has 0 radical (unpaired) electrons. The number of amides is 1. The Morgan fingerprint density at radius 1 is 1.37 bits per heavy atom. The van der Waals surface area contributed by atoms with Crippen molar-refractivity contribution in [1.82, 2.24) is 4.90 Å². The average Bonchev–Trinajstić information content (AvgIpc) is 2.93. The van der Waals surface area contributed by atoms with Crippen molar-refractivity contribution >= 4 is 22.9 Å². The molecule has 0 bridgehead atoms. The van der Waals surface area contributed by atoms with Gasteiger partial charge in [0.2, 0.25) is 0 Å². The molecule has 2 rings (SSSR count). The number of nitrogen functional groups attached to an aromatic ring is 1. The Labute approximate surface area is 117 Å². The molecule has 1 heterocycles. The van der Waals surface area contributed by atoms with Gasteiger partial charge < -0.3 is 10.6 Å². The van der Waals surface area contributed by atoms with Crippen molar-refractivity contribution in [3.63, 3.8) is 0 Å². The lowest BCUT2D eigenvalue weighted by Crippen LogP contribution is -2.29. The van der Waals surface area contributed by atoms with Crippen LogP contribution in [0.15, 0.2) is 35.7 Å². The van der Waals surface area contributed by atoms with Gasteiger partial charge in [0.25, 0.3) is 5.91 Å². The van der Waals surface area contributed by atoms with Crippen molar-refractivity contribution in [3.8, 4) is 0 Å². The lowest BCUT2D eigenvalue weighted by atomic mass is 10.1. The Bertz CT molecular complexity index is 578. The topological polar surface area (TPSA) is 46.3 Å². The van der Waals surface area contributed by atoms with E-state index < -0.39 is 0 Å². The average molecular weight is 274 g/mol. The van der Waals surface area contributed by atoms with Crippen LogP contribution in [0.1, 0.15) is 33.8 Å². The Morgan fingerprint density at radius 2 is 2.11 bits per heavy atom. The number of hydrogen-bond acceptors (Lipinski definition) is 3. The van der Waals surface area contributed by atoms with Gasteiger partial charge in [-0.25, -0.2) is 0 Å². The molecule has 0 fully saturated rings. The quantitative estimate of drug-likeness (QED) is 0.871. The van der Waals surface area contributed by atoms with Gasteiger partial charge in [0, 0.05) is 23.2 Å². The predicted octanol–water partition coefficient (Wildman–Crippen LogP) is 3.47. The Balaban J connectivity index is 2.21. The first kappa shape index (κ1) is 13.6. The second-order valence-electron chi connectivity index (χ2n) is 4.68. The largest absolute Gasteiger partial charge is 0.398 e. The standard InChI is InChI=1S/C15H18N2OS/c1-10-6-7-12(9-13(10)16)15(18)17(3)11(2)14-5-4-8-19-14/h4-9,11H,16H2,1-3H3. The molecular formula is C15H18N2OS. The predicted molar refractivity (Wildman–Crippen MR) is 80.4 cm³/mol. The first-order valence-electron chi connectivity index (χ1n) is 6.17. The highest BCUT2D eigenvalue weighted by molar-refractivity contribution is 7.10. The summed E-state index contributed by atoms with van der Waals surface area (Å²) in [5, 5.41) is 2.02. The van der Waals surface area contributed by atoms with E-state index in [2.05, 4.69) is 0 Å². The Morgan fingerprint density at radius 3 is 2.68 bits per heavy atom. The zero-order valence-electron chi connectivity index (χ0n) is 11.4. The maximum Gasteiger partial charge on any atom is 0.254 e. The minimum absolute atomic E-state index is 0.00685. The number of carbonyl (C=O) groups excluding carboxylic acids is 1. The van der Waals surface area contributed by atoms with E-state index in [1.165, 1.54) is 4.88 Å². The van der Waals surface area contributed by atoms with E-state index >= 15 is 0 Å². The first-order chi connectivity index (χ1) is 9.00. The number of thiophene rings is 1. The lowest BCUT2D eigenvalue weighted by Gasteiger charge is -2.24.